The van der Waals surface area contributed by atoms with Gasteiger partial charge < -0.3 is 14.0 Å². The molecule has 0 bridgehead atoms. The van der Waals surface area contributed by atoms with E-state index in [1.807, 2.05) is 34.0 Å². The number of fused-ring (bicyclic) bond motifs is 1. The Morgan fingerprint density at radius 2 is 2.00 bits per heavy atom. The van der Waals surface area contributed by atoms with Gasteiger partial charge in [-0.2, -0.15) is 18.3 Å². The van der Waals surface area contributed by atoms with Crippen molar-refractivity contribution in [1.82, 2.24) is 29.5 Å². The van der Waals surface area contributed by atoms with Gasteiger partial charge in [0.15, 0.2) is 11.4 Å². The zero-order valence-corrected chi connectivity index (χ0v) is 21.3. The number of aromatic amines is 1. The number of thiazole rings is 1. The molecule has 5 heterocycles. The van der Waals surface area contributed by atoms with Crippen LogP contribution in [0.15, 0.2) is 30.9 Å². The minimum Gasteiger partial charge on any atom is -0.493 e. The summed E-state index contributed by atoms with van der Waals surface area (Å²) in [6.45, 7) is 5.70. The lowest BCUT2D eigenvalue weighted by molar-refractivity contribution is -0.138. The number of rotatable bonds is 7. The van der Waals surface area contributed by atoms with Gasteiger partial charge in [0.2, 0.25) is 0 Å². The Labute approximate surface area is 211 Å². The Bertz CT molecular complexity index is 1330. The van der Waals surface area contributed by atoms with Crippen molar-refractivity contribution in [1.29, 1.82) is 0 Å². The number of nitrogens with zero attached hydrogens (tertiary/aromatic N) is 5. The highest BCUT2D eigenvalue weighted by Crippen LogP contribution is 2.40. The molecule has 0 aliphatic carbocycles. The number of nitrogens with one attached hydrogen (secondary N) is 1. The topological polar surface area (TPSA) is 71.3 Å². The van der Waals surface area contributed by atoms with Crippen LogP contribution in [0, 0.1) is 0 Å². The Morgan fingerprint density at radius 1 is 1.22 bits per heavy atom. The fourth-order valence-corrected chi connectivity index (χ4v) is 5.99. The number of aromatic nitrogens is 5. The molecule has 36 heavy (non-hydrogen) atoms. The highest BCUT2D eigenvalue weighted by Gasteiger charge is 2.30. The number of pyridine rings is 1. The van der Waals surface area contributed by atoms with Crippen molar-refractivity contribution in [3.63, 3.8) is 0 Å². The van der Waals surface area contributed by atoms with E-state index in [1.165, 1.54) is 4.88 Å². The third-order valence-corrected chi connectivity index (χ3v) is 7.94. The van der Waals surface area contributed by atoms with E-state index in [1.54, 1.807) is 24.6 Å². The monoisotopic (exact) mass is 518 g/mol. The molecular weight excluding hydrogens is 489 g/mol. The standard InChI is InChI=1S/C25H29F3N6OS/c1-15(2)20-21(17-12-18(35-3)23-29-7-11-34(23)14-17)31-32-22(20)24-30-13-19(36-24)16-4-8-33(9-5-16)10-6-25(26,27)28/h7,11-16H,4-6,8-10H2,1-3H3,(H,31,32). The van der Waals surface area contributed by atoms with Crippen LogP contribution in [0.2, 0.25) is 0 Å². The van der Waals surface area contributed by atoms with Gasteiger partial charge in [0.05, 0.1) is 24.9 Å². The maximum Gasteiger partial charge on any atom is 0.390 e. The lowest BCUT2D eigenvalue weighted by atomic mass is 9.95. The van der Waals surface area contributed by atoms with Crippen LogP contribution in [0.4, 0.5) is 13.2 Å². The summed E-state index contributed by atoms with van der Waals surface area (Å²) < 4.78 is 45.2. The molecule has 4 aromatic rings. The van der Waals surface area contributed by atoms with Gasteiger partial charge in [-0.3, -0.25) is 5.10 Å². The maximum absolute atomic E-state index is 12.6. The van der Waals surface area contributed by atoms with Crippen LogP contribution in [-0.4, -0.2) is 62.4 Å². The van der Waals surface area contributed by atoms with Gasteiger partial charge in [-0.15, -0.1) is 11.3 Å². The largest absolute Gasteiger partial charge is 0.493 e. The van der Waals surface area contributed by atoms with E-state index < -0.39 is 12.6 Å². The van der Waals surface area contributed by atoms with Crippen LogP contribution in [-0.2, 0) is 0 Å². The molecule has 0 radical (unpaired) electrons. The predicted molar refractivity (Wildman–Crippen MR) is 134 cm³/mol. The van der Waals surface area contributed by atoms with Crippen LogP contribution in [0.5, 0.6) is 5.75 Å². The summed E-state index contributed by atoms with van der Waals surface area (Å²) in [4.78, 5) is 12.2. The van der Waals surface area contributed by atoms with Gasteiger partial charge in [-0.1, -0.05) is 13.8 Å². The van der Waals surface area contributed by atoms with E-state index in [0.717, 1.165) is 46.0 Å². The van der Waals surface area contributed by atoms with Crippen molar-refractivity contribution >= 4 is 17.0 Å². The number of imidazole rings is 1. The number of H-pyrrole nitrogens is 1. The van der Waals surface area contributed by atoms with Gasteiger partial charge in [0.25, 0.3) is 0 Å². The molecule has 1 aliphatic rings. The first-order chi connectivity index (χ1) is 17.2. The molecule has 4 aromatic heterocycles. The number of hydrogen-bond acceptors (Lipinski definition) is 6. The molecule has 0 unspecified atom stereocenters. The average molecular weight is 519 g/mol. The van der Waals surface area contributed by atoms with Crippen molar-refractivity contribution in [2.75, 3.05) is 26.7 Å². The molecule has 0 spiro atoms. The first-order valence-electron chi connectivity index (χ1n) is 12.1. The SMILES string of the molecule is COc1cc(-c2n[nH]c(-c3ncc(C4CCN(CCC(F)(F)F)CC4)s3)c2C(C)C)cn2ccnc12. The normalized spacial score (nSPS) is 15.9. The number of alkyl halides is 3. The van der Waals surface area contributed by atoms with E-state index in [0.29, 0.717) is 24.8 Å². The van der Waals surface area contributed by atoms with Gasteiger partial charge in [-0.05, 0) is 43.8 Å². The summed E-state index contributed by atoms with van der Waals surface area (Å²) in [7, 11) is 1.63. The smallest absolute Gasteiger partial charge is 0.390 e. The minimum atomic E-state index is -4.10. The molecule has 5 rings (SSSR count). The molecule has 0 saturated carbocycles. The second-order valence-electron chi connectivity index (χ2n) is 9.52. The molecule has 0 amide bonds. The number of halogens is 3. The molecule has 7 nitrogen and oxygen atoms in total. The molecule has 0 atom stereocenters. The molecule has 11 heteroatoms. The number of methoxy groups -OCH3 is 1. The first kappa shape index (κ1) is 24.8. The Hall–Kier alpha value is -2.92. The van der Waals surface area contributed by atoms with Crippen molar-refractivity contribution in [2.45, 2.75) is 51.1 Å². The summed E-state index contributed by atoms with van der Waals surface area (Å²) in [5.41, 5.74) is 4.51. The van der Waals surface area contributed by atoms with E-state index in [-0.39, 0.29) is 12.5 Å². The van der Waals surface area contributed by atoms with Gasteiger partial charge >= 0.3 is 6.18 Å². The van der Waals surface area contributed by atoms with Crippen LogP contribution in [0.25, 0.3) is 27.6 Å². The van der Waals surface area contributed by atoms with Crippen molar-refractivity contribution in [2.24, 2.45) is 0 Å². The summed E-state index contributed by atoms with van der Waals surface area (Å²) in [6, 6.07) is 1.95. The quantitative estimate of drug-likeness (QED) is 0.320. The summed E-state index contributed by atoms with van der Waals surface area (Å²) in [6.07, 6.45) is 4.37. The van der Waals surface area contributed by atoms with Crippen LogP contribution >= 0.6 is 11.3 Å². The first-order valence-corrected chi connectivity index (χ1v) is 12.9. The van der Waals surface area contributed by atoms with Crippen molar-refractivity contribution < 1.29 is 17.9 Å². The third-order valence-electron chi connectivity index (χ3n) is 6.77. The number of ether oxygens (including phenoxy) is 1. The fraction of sp³-hybridized carbons (Fsp3) is 0.480. The third kappa shape index (κ3) is 4.99. The molecule has 0 aromatic carbocycles. The summed E-state index contributed by atoms with van der Waals surface area (Å²) in [5.74, 6) is 1.19. The number of piperidine rings is 1. The number of hydrogen-bond donors (Lipinski definition) is 1. The molecule has 1 saturated heterocycles. The van der Waals surface area contributed by atoms with Gasteiger partial charge in [0.1, 0.15) is 5.01 Å². The Morgan fingerprint density at radius 3 is 2.69 bits per heavy atom. The van der Waals surface area contributed by atoms with Crippen molar-refractivity contribution in [3.05, 3.63) is 41.3 Å². The molecular formula is C25H29F3N6OS. The van der Waals surface area contributed by atoms with E-state index in [2.05, 4.69) is 29.0 Å². The highest BCUT2D eigenvalue weighted by molar-refractivity contribution is 7.15. The lowest BCUT2D eigenvalue weighted by Gasteiger charge is -2.31. The second-order valence-corrected chi connectivity index (χ2v) is 10.6. The zero-order chi connectivity index (χ0) is 25.4. The predicted octanol–water partition coefficient (Wildman–Crippen LogP) is 6.11. The highest BCUT2D eigenvalue weighted by atomic mass is 32.1. The number of likely N-dealkylation sites (tertiary alicyclic amines) is 1. The summed E-state index contributed by atoms with van der Waals surface area (Å²) in [5, 5.41) is 8.78. The molecule has 192 valence electrons. The lowest BCUT2D eigenvalue weighted by Crippen LogP contribution is -2.35. The van der Waals surface area contributed by atoms with E-state index in [9.17, 15) is 13.2 Å². The van der Waals surface area contributed by atoms with Crippen LogP contribution < -0.4 is 4.74 Å². The van der Waals surface area contributed by atoms with Crippen LogP contribution in [0.3, 0.4) is 0 Å². The fourth-order valence-electron chi connectivity index (χ4n) is 4.89. The summed E-state index contributed by atoms with van der Waals surface area (Å²) >= 11 is 1.64. The maximum atomic E-state index is 12.6. The molecule has 1 N–H and O–H groups in total. The van der Waals surface area contributed by atoms with E-state index in [4.69, 9.17) is 9.72 Å². The van der Waals surface area contributed by atoms with Gasteiger partial charge in [-0.25, -0.2) is 9.97 Å². The molecule has 1 fully saturated rings. The Kier molecular flexibility index (Phi) is 6.78. The van der Waals surface area contributed by atoms with Gasteiger partial charge in [0, 0.05) is 47.3 Å². The van der Waals surface area contributed by atoms with Crippen LogP contribution in [0.1, 0.15) is 55.4 Å². The van der Waals surface area contributed by atoms with Crippen molar-refractivity contribution in [3.8, 4) is 27.7 Å². The Balaban J connectivity index is 1.37. The average Bonchev–Trinajstić information content (AvgIpc) is 3.60. The zero-order valence-electron chi connectivity index (χ0n) is 20.5. The van der Waals surface area contributed by atoms with E-state index >= 15 is 0 Å². The second kappa shape index (κ2) is 9.85. The molecule has 1 aliphatic heterocycles. The minimum absolute atomic E-state index is 0.0779.